The minimum Gasteiger partial charge on any atom is -0.478 e. The molecule has 2 heterocycles. The quantitative estimate of drug-likeness (QED) is 0.846. The summed E-state index contributed by atoms with van der Waals surface area (Å²) in [6.07, 6.45) is 4.48. The Labute approximate surface area is 126 Å². The number of carboxylic acids is 1. The Kier molecular flexibility index (Phi) is 3.83. The van der Waals surface area contributed by atoms with Crippen LogP contribution < -0.4 is 5.73 Å². The van der Waals surface area contributed by atoms with Crippen molar-refractivity contribution in [2.24, 2.45) is 0 Å². The number of aromatic nitrogens is 3. The SMILES string of the molecule is Nc1cc(Sc2nnc3n2CCCCC3)ccc1C(=O)O. The topological polar surface area (TPSA) is 94.0 Å². The van der Waals surface area contributed by atoms with E-state index in [1.807, 2.05) is 0 Å². The molecule has 0 amide bonds. The highest BCUT2D eigenvalue weighted by atomic mass is 32.2. The lowest BCUT2D eigenvalue weighted by molar-refractivity contribution is 0.0698. The zero-order valence-electron chi connectivity index (χ0n) is 11.5. The molecule has 0 spiro atoms. The standard InChI is InChI=1S/C14H16N4O2S/c15-11-8-9(5-6-10(11)13(19)20)21-14-17-16-12-4-2-1-3-7-18(12)14/h5-6,8H,1-4,7,15H2,(H,19,20). The third-order valence-electron chi connectivity index (χ3n) is 3.54. The van der Waals surface area contributed by atoms with Crippen molar-refractivity contribution < 1.29 is 9.90 Å². The van der Waals surface area contributed by atoms with Crippen molar-refractivity contribution in [3.8, 4) is 0 Å². The number of nitrogens with zero attached hydrogens (tertiary/aromatic N) is 3. The summed E-state index contributed by atoms with van der Waals surface area (Å²) in [5.74, 6) is 0.0190. The number of aryl methyl sites for hydroxylation is 1. The molecule has 1 aliphatic rings. The van der Waals surface area contributed by atoms with Crippen LogP contribution in [0.5, 0.6) is 0 Å². The Morgan fingerprint density at radius 1 is 1.29 bits per heavy atom. The number of carboxylic acid groups (broad SMARTS) is 1. The Hall–Kier alpha value is -2.02. The zero-order valence-corrected chi connectivity index (χ0v) is 12.3. The molecule has 0 aliphatic carbocycles. The van der Waals surface area contributed by atoms with Gasteiger partial charge in [-0.3, -0.25) is 0 Å². The molecule has 0 atom stereocenters. The summed E-state index contributed by atoms with van der Waals surface area (Å²) in [6, 6.07) is 4.95. The first-order valence-electron chi connectivity index (χ1n) is 6.88. The van der Waals surface area contributed by atoms with E-state index in [-0.39, 0.29) is 11.3 Å². The fourth-order valence-electron chi connectivity index (χ4n) is 2.44. The van der Waals surface area contributed by atoms with Gasteiger partial charge in [-0.05, 0) is 42.8 Å². The number of nitrogens with two attached hydrogens (primary N) is 1. The van der Waals surface area contributed by atoms with Gasteiger partial charge in [0.15, 0.2) is 5.16 Å². The van der Waals surface area contributed by atoms with E-state index in [0.29, 0.717) is 0 Å². The Balaban J connectivity index is 1.86. The average molecular weight is 304 g/mol. The smallest absolute Gasteiger partial charge is 0.337 e. The van der Waals surface area contributed by atoms with Crippen molar-refractivity contribution in [1.82, 2.24) is 14.8 Å². The lowest BCUT2D eigenvalue weighted by Gasteiger charge is -2.07. The van der Waals surface area contributed by atoms with Gasteiger partial charge < -0.3 is 15.4 Å². The number of hydrogen-bond donors (Lipinski definition) is 2. The van der Waals surface area contributed by atoms with Crippen LogP contribution in [0.25, 0.3) is 0 Å². The van der Waals surface area contributed by atoms with Crippen LogP contribution in [0.15, 0.2) is 28.3 Å². The van der Waals surface area contributed by atoms with E-state index in [0.717, 1.165) is 41.7 Å². The molecule has 7 heteroatoms. The molecule has 0 bridgehead atoms. The van der Waals surface area contributed by atoms with Gasteiger partial charge in [-0.2, -0.15) is 0 Å². The van der Waals surface area contributed by atoms with Gasteiger partial charge in [-0.25, -0.2) is 4.79 Å². The Bertz CT molecular complexity index is 684. The van der Waals surface area contributed by atoms with Crippen molar-refractivity contribution in [3.63, 3.8) is 0 Å². The highest BCUT2D eigenvalue weighted by Gasteiger charge is 2.16. The second-order valence-corrected chi connectivity index (χ2v) is 6.06. The molecule has 0 unspecified atom stereocenters. The van der Waals surface area contributed by atoms with Crippen LogP contribution in [0, 0.1) is 0 Å². The molecule has 1 aromatic heterocycles. The molecular formula is C14H16N4O2S. The van der Waals surface area contributed by atoms with Crippen molar-refractivity contribution in [1.29, 1.82) is 0 Å². The average Bonchev–Trinajstić information content (AvgIpc) is 2.68. The van der Waals surface area contributed by atoms with Crippen LogP contribution in [0.4, 0.5) is 5.69 Å². The first-order chi connectivity index (χ1) is 10.1. The van der Waals surface area contributed by atoms with Gasteiger partial charge in [-0.1, -0.05) is 6.42 Å². The highest BCUT2D eigenvalue weighted by molar-refractivity contribution is 7.99. The van der Waals surface area contributed by atoms with Gasteiger partial charge in [0.25, 0.3) is 0 Å². The number of nitrogen functional groups attached to an aromatic ring is 1. The predicted molar refractivity (Wildman–Crippen MR) is 79.5 cm³/mol. The third-order valence-corrected chi connectivity index (χ3v) is 4.51. The van der Waals surface area contributed by atoms with Gasteiger partial charge in [0.05, 0.1) is 5.56 Å². The third kappa shape index (κ3) is 2.87. The fraction of sp³-hybridized carbons (Fsp3) is 0.357. The summed E-state index contributed by atoms with van der Waals surface area (Å²) >= 11 is 1.47. The number of benzene rings is 1. The van der Waals surface area contributed by atoms with Crippen LogP contribution in [0.1, 0.15) is 35.4 Å². The van der Waals surface area contributed by atoms with Gasteiger partial charge >= 0.3 is 5.97 Å². The number of rotatable bonds is 3. The predicted octanol–water partition coefficient (Wildman–Crippen LogP) is 2.44. The molecule has 1 aromatic carbocycles. The second kappa shape index (κ2) is 5.77. The van der Waals surface area contributed by atoms with Crippen LogP contribution in [0.2, 0.25) is 0 Å². The maximum atomic E-state index is 11.0. The number of fused-ring (bicyclic) bond motifs is 1. The monoisotopic (exact) mass is 304 g/mol. The molecule has 0 fully saturated rings. The number of hydrogen-bond acceptors (Lipinski definition) is 5. The fourth-order valence-corrected chi connectivity index (χ4v) is 3.36. The zero-order chi connectivity index (χ0) is 14.8. The maximum absolute atomic E-state index is 11.0. The van der Waals surface area contributed by atoms with Gasteiger partial charge in [0.2, 0.25) is 0 Å². The van der Waals surface area contributed by atoms with Gasteiger partial charge in [0, 0.05) is 23.5 Å². The van der Waals surface area contributed by atoms with Crippen LogP contribution in [-0.2, 0) is 13.0 Å². The molecule has 0 saturated carbocycles. The van der Waals surface area contributed by atoms with Crippen molar-refractivity contribution in [2.75, 3.05) is 5.73 Å². The lowest BCUT2D eigenvalue weighted by atomic mass is 10.2. The Morgan fingerprint density at radius 3 is 2.90 bits per heavy atom. The van der Waals surface area contributed by atoms with Crippen molar-refractivity contribution in [2.45, 2.75) is 42.3 Å². The number of carbonyl (C=O) groups is 1. The normalized spacial score (nSPS) is 14.5. The molecule has 21 heavy (non-hydrogen) atoms. The molecule has 0 saturated heterocycles. The molecule has 3 N–H and O–H groups in total. The van der Waals surface area contributed by atoms with E-state index >= 15 is 0 Å². The summed E-state index contributed by atoms with van der Waals surface area (Å²) in [5.41, 5.74) is 6.17. The van der Waals surface area contributed by atoms with Crippen molar-refractivity contribution >= 4 is 23.4 Å². The van der Waals surface area contributed by atoms with Crippen LogP contribution in [0.3, 0.4) is 0 Å². The number of aromatic carboxylic acids is 1. The molecular weight excluding hydrogens is 288 g/mol. The highest BCUT2D eigenvalue weighted by Crippen LogP contribution is 2.30. The van der Waals surface area contributed by atoms with E-state index in [4.69, 9.17) is 10.8 Å². The van der Waals surface area contributed by atoms with Crippen molar-refractivity contribution in [3.05, 3.63) is 29.6 Å². The minimum absolute atomic E-state index is 0.124. The summed E-state index contributed by atoms with van der Waals surface area (Å²) < 4.78 is 2.15. The van der Waals surface area contributed by atoms with E-state index in [1.54, 1.807) is 12.1 Å². The first-order valence-corrected chi connectivity index (χ1v) is 7.69. The van der Waals surface area contributed by atoms with E-state index < -0.39 is 5.97 Å². The molecule has 6 nitrogen and oxygen atoms in total. The largest absolute Gasteiger partial charge is 0.478 e. The molecule has 110 valence electrons. The van der Waals surface area contributed by atoms with Crippen LogP contribution in [-0.4, -0.2) is 25.8 Å². The van der Waals surface area contributed by atoms with E-state index in [1.165, 1.54) is 24.2 Å². The second-order valence-electron chi connectivity index (χ2n) is 5.02. The summed E-state index contributed by atoms with van der Waals surface area (Å²) in [5, 5.41) is 18.3. The number of anilines is 1. The molecule has 3 rings (SSSR count). The maximum Gasteiger partial charge on any atom is 0.337 e. The van der Waals surface area contributed by atoms with E-state index in [2.05, 4.69) is 14.8 Å². The Morgan fingerprint density at radius 2 is 2.14 bits per heavy atom. The minimum atomic E-state index is -1.01. The van der Waals surface area contributed by atoms with E-state index in [9.17, 15) is 4.79 Å². The summed E-state index contributed by atoms with van der Waals surface area (Å²) in [6.45, 7) is 0.938. The van der Waals surface area contributed by atoms with Gasteiger partial charge in [0.1, 0.15) is 5.82 Å². The molecule has 1 aliphatic heterocycles. The first kappa shape index (κ1) is 13.9. The lowest BCUT2D eigenvalue weighted by Crippen LogP contribution is -2.03. The van der Waals surface area contributed by atoms with Gasteiger partial charge in [-0.15, -0.1) is 10.2 Å². The summed E-state index contributed by atoms with van der Waals surface area (Å²) in [4.78, 5) is 11.8. The molecule has 2 aromatic rings. The summed E-state index contributed by atoms with van der Waals surface area (Å²) in [7, 11) is 0. The van der Waals surface area contributed by atoms with Crippen LogP contribution >= 0.6 is 11.8 Å². The molecule has 0 radical (unpaired) electrons.